The van der Waals surface area contributed by atoms with Gasteiger partial charge < -0.3 is 10.6 Å². The van der Waals surface area contributed by atoms with Gasteiger partial charge in [-0.3, -0.25) is 4.79 Å². The molecule has 0 aromatic rings. The summed E-state index contributed by atoms with van der Waals surface area (Å²) in [4.78, 5) is 11.8. The van der Waals surface area contributed by atoms with Crippen molar-refractivity contribution in [1.82, 2.24) is 10.6 Å². The third-order valence-electron chi connectivity index (χ3n) is 4.17. The predicted molar refractivity (Wildman–Crippen MR) is 60.9 cm³/mol. The van der Waals surface area contributed by atoms with Gasteiger partial charge >= 0.3 is 0 Å². The van der Waals surface area contributed by atoms with Crippen LogP contribution in [0.4, 0.5) is 0 Å². The molecule has 0 aromatic heterocycles. The van der Waals surface area contributed by atoms with Crippen LogP contribution in [0.15, 0.2) is 0 Å². The molecule has 2 aliphatic carbocycles. The first-order valence-corrected chi connectivity index (χ1v) is 5.82. The molecule has 3 unspecified atom stereocenters. The van der Waals surface area contributed by atoms with Gasteiger partial charge in [-0.15, -0.1) is 12.4 Å². The fourth-order valence-electron chi connectivity index (χ4n) is 2.96. The number of nitrogens with one attached hydrogen (secondary N) is 2. The Labute approximate surface area is 96.8 Å². The van der Waals surface area contributed by atoms with E-state index < -0.39 is 0 Å². The highest BCUT2D eigenvalue weighted by molar-refractivity contribution is 5.85. The van der Waals surface area contributed by atoms with Crippen molar-refractivity contribution in [3.63, 3.8) is 0 Å². The number of amides is 1. The van der Waals surface area contributed by atoms with Crippen LogP contribution in [0.25, 0.3) is 0 Å². The van der Waals surface area contributed by atoms with Gasteiger partial charge in [-0.1, -0.05) is 13.3 Å². The summed E-state index contributed by atoms with van der Waals surface area (Å²) in [5.74, 6) is 2.79. The quantitative estimate of drug-likeness (QED) is 0.753. The maximum atomic E-state index is 11.8. The summed E-state index contributed by atoms with van der Waals surface area (Å²) in [7, 11) is 0. The Kier molecular flexibility index (Phi) is 2.95. The molecule has 5 atom stereocenters. The largest absolute Gasteiger partial charge is 0.353 e. The van der Waals surface area contributed by atoms with Crippen molar-refractivity contribution >= 4 is 18.3 Å². The van der Waals surface area contributed by atoms with Gasteiger partial charge in [0.2, 0.25) is 5.91 Å². The van der Waals surface area contributed by atoms with E-state index in [1.54, 1.807) is 0 Å². The van der Waals surface area contributed by atoms with E-state index in [4.69, 9.17) is 0 Å². The monoisotopic (exact) mass is 230 g/mol. The van der Waals surface area contributed by atoms with E-state index in [1.807, 2.05) is 0 Å². The molecule has 3 nitrogen and oxygen atoms in total. The zero-order valence-corrected chi connectivity index (χ0v) is 9.85. The van der Waals surface area contributed by atoms with Crippen molar-refractivity contribution in [1.29, 1.82) is 0 Å². The average Bonchev–Trinajstić information content (AvgIpc) is 3.04. The highest BCUT2D eigenvalue weighted by atomic mass is 35.5. The van der Waals surface area contributed by atoms with Gasteiger partial charge in [-0.05, 0) is 37.3 Å². The molecule has 0 radical (unpaired) electrons. The molecule has 2 N–H and O–H groups in total. The number of hydrogen-bond acceptors (Lipinski definition) is 2. The van der Waals surface area contributed by atoms with Gasteiger partial charge in [-0.25, -0.2) is 0 Å². The molecule has 1 amide bonds. The summed E-state index contributed by atoms with van der Waals surface area (Å²) < 4.78 is 0. The van der Waals surface area contributed by atoms with Gasteiger partial charge in [0.05, 0.1) is 0 Å². The number of rotatable bonds is 3. The first-order chi connectivity index (χ1) is 6.81. The lowest BCUT2D eigenvalue weighted by Gasteiger charge is -2.06. The van der Waals surface area contributed by atoms with E-state index in [-0.39, 0.29) is 12.4 Å². The Morgan fingerprint density at radius 1 is 1.40 bits per heavy atom. The van der Waals surface area contributed by atoms with Crippen molar-refractivity contribution < 1.29 is 4.79 Å². The summed E-state index contributed by atoms with van der Waals surface area (Å²) in [5, 5.41) is 6.49. The van der Waals surface area contributed by atoms with E-state index in [0.717, 1.165) is 19.0 Å². The summed E-state index contributed by atoms with van der Waals surface area (Å²) in [6.45, 7) is 4.32. The number of fused-ring (bicyclic) bond motifs is 1. The van der Waals surface area contributed by atoms with Crippen LogP contribution >= 0.6 is 12.4 Å². The molecule has 0 bridgehead atoms. The van der Waals surface area contributed by atoms with Crippen LogP contribution in [-0.4, -0.2) is 25.0 Å². The van der Waals surface area contributed by atoms with Gasteiger partial charge in [0.25, 0.3) is 0 Å². The molecule has 3 rings (SSSR count). The van der Waals surface area contributed by atoms with Gasteiger partial charge in [-0.2, -0.15) is 0 Å². The van der Waals surface area contributed by atoms with Gasteiger partial charge in [0, 0.05) is 12.0 Å². The van der Waals surface area contributed by atoms with Crippen LogP contribution in [0, 0.1) is 23.7 Å². The number of halogens is 1. The first-order valence-electron chi connectivity index (χ1n) is 5.82. The van der Waals surface area contributed by atoms with Crippen molar-refractivity contribution in [3.8, 4) is 0 Å². The molecule has 0 aromatic carbocycles. The minimum absolute atomic E-state index is 0. The fourth-order valence-corrected chi connectivity index (χ4v) is 2.96. The molecule has 1 aliphatic heterocycles. The van der Waals surface area contributed by atoms with Crippen molar-refractivity contribution in [2.24, 2.45) is 23.7 Å². The molecule has 86 valence electrons. The summed E-state index contributed by atoms with van der Waals surface area (Å²) >= 11 is 0. The number of carbonyl (C=O) groups excluding carboxylic acids is 1. The maximum absolute atomic E-state index is 11.8. The lowest BCUT2D eigenvalue weighted by Crippen LogP contribution is -2.31. The van der Waals surface area contributed by atoms with Crippen LogP contribution in [0.5, 0.6) is 0 Å². The fraction of sp³-hybridized carbons (Fsp3) is 0.909. The van der Waals surface area contributed by atoms with Crippen LogP contribution < -0.4 is 10.6 Å². The summed E-state index contributed by atoms with van der Waals surface area (Å²) in [6, 6.07) is 0.516. The molecular weight excluding hydrogens is 212 g/mol. The van der Waals surface area contributed by atoms with Crippen LogP contribution in [0.1, 0.15) is 19.8 Å². The molecule has 3 fully saturated rings. The summed E-state index contributed by atoms with van der Waals surface area (Å²) in [6.07, 6.45) is 2.42. The zero-order valence-electron chi connectivity index (χ0n) is 9.03. The summed E-state index contributed by atoms with van der Waals surface area (Å²) in [5.41, 5.74) is 0. The van der Waals surface area contributed by atoms with Crippen molar-refractivity contribution in [2.45, 2.75) is 25.8 Å². The number of carbonyl (C=O) groups is 1. The molecule has 1 saturated heterocycles. The predicted octanol–water partition coefficient (Wildman–Crippen LogP) is 0.788. The standard InChI is InChI=1S/C11H18N2O.ClH/c1-2-6-3-9(6)13-11(14)10-7-4-12-5-8(7)10;/h6-10,12H,2-5H2,1H3,(H,13,14);1H/t6?,7-,8+,9?,10?;. The van der Waals surface area contributed by atoms with Crippen LogP contribution in [-0.2, 0) is 4.79 Å². The second-order valence-corrected chi connectivity index (χ2v) is 5.03. The second-order valence-electron chi connectivity index (χ2n) is 5.03. The first kappa shape index (κ1) is 11.2. The molecule has 4 heteroatoms. The third kappa shape index (κ3) is 1.87. The Hall–Kier alpha value is -0.280. The van der Waals surface area contributed by atoms with Crippen LogP contribution in [0.2, 0.25) is 0 Å². The lowest BCUT2D eigenvalue weighted by molar-refractivity contribution is -0.123. The second kappa shape index (κ2) is 3.95. The number of piperidine rings is 1. The van der Waals surface area contributed by atoms with Crippen LogP contribution in [0.3, 0.4) is 0 Å². The van der Waals surface area contributed by atoms with Gasteiger partial charge in [0.15, 0.2) is 0 Å². The van der Waals surface area contributed by atoms with E-state index in [0.29, 0.717) is 29.7 Å². The van der Waals surface area contributed by atoms with E-state index in [1.165, 1.54) is 12.8 Å². The Morgan fingerprint density at radius 3 is 2.60 bits per heavy atom. The maximum Gasteiger partial charge on any atom is 0.224 e. The van der Waals surface area contributed by atoms with E-state index >= 15 is 0 Å². The third-order valence-corrected chi connectivity index (χ3v) is 4.17. The lowest BCUT2D eigenvalue weighted by atomic mass is 10.2. The Bertz CT molecular complexity index is 261. The smallest absolute Gasteiger partial charge is 0.224 e. The highest BCUT2D eigenvalue weighted by Gasteiger charge is 2.57. The van der Waals surface area contributed by atoms with E-state index in [2.05, 4.69) is 17.6 Å². The molecule has 0 spiro atoms. The molecule has 1 heterocycles. The van der Waals surface area contributed by atoms with Gasteiger partial charge in [0.1, 0.15) is 0 Å². The SMILES string of the molecule is CCC1CC1NC(=O)C1[C@H]2CNC[C@@H]12.Cl. The number of hydrogen-bond donors (Lipinski definition) is 2. The van der Waals surface area contributed by atoms with Crippen molar-refractivity contribution in [2.75, 3.05) is 13.1 Å². The minimum atomic E-state index is 0. The minimum Gasteiger partial charge on any atom is -0.353 e. The topological polar surface area (TPSA) is 41.1 Å². The van der Waals surface area contributed by atoms with E-state index in [9.17, 15) is 4.79 Å². The highest BCUT2D eigenvalue weighted by Crippen LogP contribution is 2.49. The molecule has 3 aliphatic rings. The molecule has 2 saturated carbocycles. The molecule has 15 heavy (non-hydrogen) atoms. The average molecular weight is 231 g/mol. The Morgan fingerprint density at radius 2 is 2.07 bits per heavy atom. The Balaban J connectivity index is 0.000000853. The normalized spacial score (nSPS) is 45.3. The molecular formula is C11H19ClN2O. The van der Waals surface area contributed by atoms with Crippen molar-refractivity contribution in [3.05, 3.63) is 0 Å². The zero-order chi connectivity index (χ0) is 9.71.